The molecule has 27 heavy (non-hydrogen) atoms. The van der Waals surface area contributed by atoms with Crippen molar-refractivity contribution in [2.24, 2.45) is 0 Å². The fourth-order valence-corrected chi connectivity index (χ4v) is 2.79. The van der Waals surface area contributed by atoms with E-state index in [0.29, 0.717) is 11.4 Å². The Morgan fingerprint density at radius 3 is 2.56 bits per heavy atom. The molecule has 3 rings (SSSR count). The van der Waals surface area contributed by atoms with E-state index in [1.54, 1.807) is 19.1 Å². The number of H-pyrrole nitrogens is 1. The van der Waals surface area contributed by atoms with E-state index in [-0.39, 0.29) is 23.1 Å². The number of carbonyl (C=O) groups is 1. The van der Waals surface area contributed by atoms with Crippen molar-refractivity contribution < 1.29 is 14.5 Å². The van der Waals surface area contributed by atoms with Gasteiger partial charge in [0.15, 0.2) is 5.11 Å². The topological polar surface area (TPSA) is 109 Å². The van der Waals surface area contributed by atoms with Crippen LogP contribution in [0.5, 0.6) is 0 Å². The second-order valence-electron chi connectivity index (χ2n) is 5.52. The Bertz CT molecular complexity index is 1010. The molecule has 3 aromatic rings. The van der Waals surface area contributed by atoms with E-state index in [4.69, 9.17) is 17.0 Å². The molecule has 8 nitrogen and oxygen atoms in total. The summed E-state index contributed by atoms with van der Waals surface area (Å²) in [7, 11) is 0. The average molecular weight is 384 g/mol. The van der Waals surface area contributed by atoms with Crippen molar-refractivity contribution in [3.05, 3.63) is 64.3 Å². The van der Waals surface area contributed by atoms with Crippen LogP contribution in [-0.4, -0.2) is 27.6 Å². The molecule has 0 atom stereocenters. The summed E-state index contributed by atoms with van der Waals surface area (Å²) < 4.78 is 5.10. The number of nitro groups is 1. The summed E-state index contributed by atoms with van der Waals surface area (Å²) in [5, 5.41) is 17.7. The van der Waals surface area contributed by atoms with E-state index in [0.717, 1.165) is 10.9 Å². The van der Waals surface area contributed by atoms with E-state index in [2.05, 4.69) is 15.6 Å². The molecule has 9 heteroatoms. The van der Waals surface area contributed by atoms with Crippen LogP contribution >= 0.6 is 12.2 Å². The highest BCUT2D eigenvalue weighted by atomic mass is 32.1. The summed E-state index contributed by atoms with van der Waals surface area (Å²) in [4.78, 5) is 25.5. The Kier molecular flexibility index (Phi) is 5.32. The van der Waals surface area contributed by atoms with Gasteiger partial charge in [-0.25, -0.2) is 4.79 Å². The third-order valence-electron chi connectivity index (χ3n) is 3.76. The van der Waals surface area contributed by atoms with Crippen LogP contribution in [-0.2, 0) is 4.74 Å². The summed E-state index contributed by atoms with van der Waals surface area (Å²) in [5.74, 6) is -0.491. The molecular formula is C18H16N4O4S. The van der Waals surface area contributed by atoms with E-state index >= 15 is 0 Å². The normalized spacial score (nSPS) is 10.4. The molecule has 0 unspecified atom stereocenters. The number of nitro benzene ring substituents is 1. The molecule has 0 aliphatic carbocycles. The second-order valence-corrected chi connectivity index (χ2v) is 5.93. The molecular weight excluding hydrogens is 368 g/mol. The van der Waals surface area contributed by atoms with Gasteiger partial charge in [-0.3, -0.25) is 10.1 Å². The molecule has 0 fully saturated rings. The van der Waals surface area contributed by atoms with Crippen molar-refractivity contribution >= 4 is 51.3 Å². The number of nitrogens with one attached hydrogen (secondary N) is 3. The van der Waals surface area contributed by atoms with Gasteiger partial charge in [0.25, 0.3) is 5.69 Å². The van der Waals surface area contributed by atoms with Crippen LogP contribution in [0.3, 0.4) is 0 Å². The maximum absolute atomic E-state index is 12.3. The molecule has 0 saturated carbocycles. The minimum absolute atomic E-state index is 0.0133. The molecule has 0 radical (unpaired) electrons. The Balaban J connectivity index is 1.84. The number of esters is 1. The van der Waals surface area contributed by atoms with E-state index in [1.165, 1.54) is 12.1 Å². The lowest BCUT2D eigenvalue weighted by atomic mass is 10.2. The number of non-ortho nitro benzene ring substituents is 1. The number of hydrogen-bond acceptors (Lipinski definition) is 5. The number of hydrogen-bond donors (Lipinski definition) is 3. The monoisotopic (exact) mass is 384 g/mol. The van der Waals surface area contributed by atoms with Gasteiger partial charge in [0.2, 0.25) is 0 Å². The summed E-state index contributed by atoms with van der Waals surface area (Å²) in [6.07, 6.45) is 0. The molecule has 3 N–H and O–H groups in total. The first-order valence-corrected chi connectivity index (χ1v) is 8.50. The highest BCUT2D eigenvalue weighted by Gasteiger charge is 2.19. The molecule has 2 aromatic carbocycles. The first kappa shape index (κ1) is 18.3. The third-order valence-corrected chi connectivity index (χ3v) is 3.96. The smallest absolute Gasteiger partial charge is 0.356 e. The molecule has 0 spiro atoms. The van der Waals surface area contributed by atoms with Gasteiger partial charge in [-0.2, -0.15) is 0 Å². The fraction of sp³-hybridized carbons (Fsp3) is 0.111. The summed E-state index contributed by atoms with van der Waals surface area (Å²) >= 11 is 5.32. The van der Waals surface area contributed by atoms with Crippen LogP contribution in [0.15, 0.2) is 48.5 Å². The number of rotatable bonds is 5. The Morgan fingerprint density at radius 1 is 1.19 bits per heavy atom. The van der Waals surface area contributed by atoms with E-state index in [1.807, 2.05) is 24.3 Å². The number of para-hydroxylation sites is 1. The number of nitrogens with zero attached hydrogens (tertiary/aromatic N) is 1. The van der Waals surface area contributed by atoms with Crippen molar-refractivity contribution in [2.75, 3.05) is 17.2 Å². The van der Waals surface area contributed by atoms with E-state index in [9.17, 15) is 14.9 Å². The lowest BCUT2D eigenvalue weighted by Crippen LogP contribution is -2.20. The van der Waals surface area contributed by atoms with Gasteiger partial charge in [-0.15, -0.1) is 0 Å². The number of fused-ring (bicyclic) bond motifs is 1. The number of benzene rings is 2. The molecule has 0 amide bonds. The standard InChI is InChI=1S/C18H16N4O4S/c1-2-26-17(23)16-15(13-5-3-4-6-14(13)20-16)21-18(27)19-11-7-9-12(10-8-11)22(24)25/h3-10,20H,2H2,1H3,(H2,19,21,27). The van der Waals surface area contributed by atoms with Crippen LogP contribution in [0.2, 0.25) is 0 Å². The van der Waals surface area contributed by atoms with Gasteiger partial charge in [0.1, 0.15) is 5.69 Å². The number of ether oxygens (including phenoxy) is 1. The van der Waals surface area contributed by atoms with Gasteiger partial charge in [0, 0.05) is 28.7 Å². The van der Waals surface area contributed by atoms with Crippen molar-refractivity contribution in [3.63, 3.8) is 0 Å². The maximum Gasteiger partial charge on any atom is 0.356 e. The zero-order chi connectivity index (χ0) is 19.4. The summed E-state index contributed by atoms with van der Waals surface area (Å²) in [5.41, 5.74) is 2.10. The Morgan fingerprint density at radius 2 is 1.89 bits per heavy atom. The largest absolute Gasteiger partial charge is 0.461 e. The zero-order valence-electron chi connectivity index (χ0n) is 14.3. The van der Waals surface area contributed by atoms with Crippen LogP contribution in [0, 0.1) is 10.1 Å². The molecule has 0 aliphatic heterocycles. The minimum Gasteiger partial charge on any atom is -0.461 e. The Labute approximate surface area is 159 Å². The van der Waals surface area contributed by atoms with Gasteiger partial charge in [-0.1, -0.05) is 18.2 Å². The number of carbonyl (C=O) groups excluding carboxylic acids is 1. The number of aromatic amines is 1. The Hall–Kier alpha value is -3.46. The quantitative estimate of drug-likeness (QED) is 0.263. The first-order valence-electron chi connectivity index (χ1n) is 8.10. The highest BCUT2D eigenvalue weighted by Crippen LogP contribution is 2.28. The van der Waals surface area contributed by atoms with Gasteiger partial charge in [0.05, 0.1) is 17.2 Å². The molecule has 1 aromatic heterocycles. The average Bonchev–Trinajstić information content (AvgIpc) is 3.01. The molecule has 0 bridgehead atoms. The molecule has 1 heterocycles. The van der Waals surface area contributed by atoms with Crippen molar-refractivity contribution in [3.8, 4) is 0 Å². The van der Waals surface area contributed by atoms with E-state index < -0.39 is 10.9 Å². The molecule has 0 aliphatic rings. The molecule has 138 valence electrons. The van der Waals surface area contributed by atoms with Crippen LogP contribution < -0.4 is 10.6 Å². The summed E-state index contributed by atoms with van der Waals surface area (Å²) in [6, 6.07) is 13.2. The number of aromatic nitrogens is 1. The lowest BCUT2D eigenvalue weighted by Gasteiger charge is -2.11. The van der Waals surface area contributed by atoms with Crippen molar-refractivity contribution in [2.45, 2.75) is 6.92 Å². The van der Waals surface area contributed by atoms with Crippen molar-refractivity contribution in [1.29, 1.82) is 0 Å². The second kappa shape index (κ2) is 7.83. The van der Waals surface area contributed by atoms with Gasteiger partial charge in [-0.05, 0) is 37.3 Å². The SMILES string of the molecule is CCOC(=O)c1[nH]c2ccccc2c1NC(=S)Nc1ccc([N+](=O)[O-])cc1. The number of thiocarbonyl (C=S) groups is 1. The minimum atomic E-state index is -0.491. The maximum atomic E-state index is 12.3. The fourth-order valence-electron chi connectivity index (χ4n) is 2.57. The molecule has 0 saturated heterocycles. The predicted molar refractivity (Wildman–Crippen MR) is 107 cm³/mol. The highest BCUT2D eigenvalue weighted by molar-refractivity contribution is 7.80. The zero-order valence-corrected chi connectivity index (χ0v) is 15.1. The number of anilines is 2. The van der Waals surface area contributed by atoms with Gasteiger partial charge < -0.3 is 20.4 Å². The third kappa shape index (κ3) is 4.04. The van der Waals surface area contributed by atoms with Gasteiger partial charge >= 0.3 is 5.97 Å². The summed E-state index contributed by atoms with van der Waals surface area (Å²) in [6.45, 7) is 1.98. The first-order chi connectivity index (χ1) is 13.0. The predicted octanol–water partition coefficient (Wildman–Crippen LogP) is 4.06. The van der Waals surface area contributed by atoms with Crippen molar-refractivity contribution in [1.82, 2.24) is 4.98 Å². The van der Waals surface area contributed by atoms with Crippen LogP contribution in [0.25, 0.3) is 10.9 Å². The lowest BCUT2D eigenvalue weighted by molar-refractivity contribution is -0.384. The van der Waals surface area contributed by atoms with Crippen LogP contribution in [0.4, 0.5) is 17.1 Å². The van der Waals surface area contributed by atoms with Crippen LogP contribution in [0.1, 0.15) is 17.4 Å².